The second kappa shape index (κ2) is 49.0. The first-order chi connectivity index (χ1) is 32.5. The van der Waals surface area contributed by atoms with Crippen molar-refractivity contribution in [2.45, 2.75) is 258 Å². The molecule has 0 aliphatic heterocycles. The maximum atomic E-state index is 12.8. The number of hydrogen-bond donors (Lipinski definition) is 1. The van der Waals surface area contributed by atoms with Crippen molar-refractivity contribution >= 4 is 19.8 Å². The highest BCUT2D eigenvalue weighted by molar-refractivity contribution is 7.47. The first-order valence-corrected chi connectivity index (χ1v) is 29.4. The molecular weight excluding hydrogens is 858 g/mol. The van der Waals surface area contributed by atoms with Gasteiger partial charge in [-0.1, -0.05) is 236 Å². The fraction of sp³-hybridized carbons (Fsp3) is 0.825. The summed E-state index contributed by atoms with van der Waals surface area (Å²) < 4.78 is 34.5. The molecule has 1 unspecified atom stereocenters. The second-order valence-corrected chi connectivity index (χ2v) is 21.4. The van der Waals surface area contributed by atoms with Crippen molar-refractivity contribution < 1.29 is 42.1 Å². The Bertz CT molecular complexity index is 1270. The van der Waals surface area contributed by atoms with Gasteiger partial charge in [-0.15, -0.1) is 0 Å². The number of nitrogens with zero attached hydrogens (tertiary/aromatic N) is 1. The van der Waals surface area contributed by atoms with E-state index in [0.29, 0.717) is 17.4 Å². The first-order valence-electron chi connectivity index (χ1n) is 27.9. The summed E-state index contributed by atoms with van der Waals surface area (Å²) in [4.78, 5) is 35.6. The van der Waals surface area contributed by atoms with Gasteiger partial charge in [0.05, 0.1) is 27.7 Å². The fourth-order valence-corrected chi connectivity index (χ4v) is 8.52. The molecule has 0 aromatic carbocycles. The molecule has 0 rings (SSSR count). The molecule has 0 spiro atoms. The van der Waals surface area contributed by atoms with E-state index in [4.69, 9.17) is 18.5 Å². The van der Waals surface area contributed by atoms with E-state index in [0.717, 1.165) is 44.9 Å². The van der Waals surface area contributed by atoms with Crippen LogP contribution < -0.4 is 0 Å². The lowest BCUT2D eigenvalue weighted by atomic mass is 10.0. The Morgan fingerprint density at radius 2 is 0.821 bits per heavy atom. The van der Waals surface area contributed by atoms with Gasteiger partial charge in [0.15, 0.2) is 6.10 Å². The molecule has 2 atom stereocenters. The highest BCUT2D eigenvalue weighted by Gasteiger charge is 2.27. The average Bonchev–Trinajstić information content (AvgIpc) is 3.29. The van der Waals surface area contributed by atoms with E-state index in [9.17, 15) is 19.0 Å². The zero-order valence-corrected chi connectivity index (χ0v) is 45.3. The minimum atomic E-state index is -4.40. The lowest BCUT2D eigenvalue weighted by Crippen LogP contribution is -2.37. The number of esters is 2. The number of phosphoric ester groups is 1. The van der Waals surface area contributed by atoms with Crippen LogP contribution in [0.1, 0.15) is 251 Å². The largest absolute Gasteiger partial charge is 0.472 e. The lowest BCUT2D eigenvalue weighted by Gasteiger charge is -2.24. The highest BCUT2D eigenvalue weighted by atomic mass is 31.2. The number of carbonyl (C=O) groups excluding carboxylic acids is 2. The Morgan fingerprint density at radius 1 is 0.463 bits per heavy atom. The van der Waals surface area contributed by atoms with Crippen molar-refractivity contribution in [2.75, 3.05) is 47.5 Å². The van der Waals surface area contributed by atoms with Crippen LogP contribution >= 0.6 is 7.82 Å². The standard InChI is InChI=1S/C57H106NO8P/c1-6-8-10-12-14-16-18-20-22-24-26-28-30-31-33-35-37-39-41-43-45-47-49-56(59)63-53-55(54-65-67(61,62)64-52-51-58(3,4)5)66-57(60)50-48-46-44-42-40-38-36-34-32-29-27-25-23-21-19-17-15-13-11-9-7-2/h23,25,29,32,36,38,42,44,55H,6-22,24,26-28,30-31,33-35,37,39-41,43,45-54H2,1-5H3/p+1/b25-23+,32-29+,38-36+,44-42+/t55-/m1/s1. The summed E-state index contributed by atoms with van der Waals surface area (Å²) in [5.41, 5.74) is 0. The molecule has 0 bridgehead atoms. The van der Waals surface area contributed by atoms with Crippen molar-refractivity contribution in [2.24, 2.45) is 0 Å². The van der Waals surface area contributed by atoms with Crippen LogP contribution in [-0.2, 0) is 32.7 Å². The summed E-state index contributed by atoms with van der Waals surface area (Å²) in [6.45, 7) is 4.40. The number of quaternary nitrogens is 1. The quantitative estimate of drug-likeness (QED) is 0.0211. The number of rotatable bonds is 51. The number of allylic oxidation sites excluding steroid dienone is 8. The minimum Gasteiger partial charge on any atom is -0.462 e. The van der Waals surface area contributed by atoms with Gasteiger partial charge in [-0.25, -0.2) is 4.57 Å². The van der Waals surface area contributed by atoms with Crippen molar-refractivity contribution in [3.8, 4) is 0 Å². The lowest BCUT2D eigenvalue weighted by molar-refractivity contribution is -0.870. The van der Waals surface area contributed by atoms with Gasteiger partial charge in [0.2, 0.25) is 0 Å². The molecule has 0 aromatic rings. The van der Waals surface area contributed by atoms with Gasteiger partial charge < -0.3 is 18.9 Å². The van der Waals surface area contributed by atoms with Crippen LogP contribution in [0.5, 0.6) is 0 Å². The number of phosphoric acid groups is 1. The van der Waals surface area contributed by atoms with Crippen molar-refractivity contribution in [1.29, 1.82) is 0 Å². The summed E-state index contributed by atoms with van der Waals surface area (Å²) in [7, 11) is 1.45. The SMILES string of the molecule is CCCCCCCCC/C=C/C/C=C/C/C=C/C/C=C/CCCC(=O)O[C@H](COC(=O)CCCCCCCCCCCCCCCCCCCCCCCC)COP(=O)(O)OCC[N+](C)(C)C. The Hall–Kier alpha value is -2.03. The van der Waals surface area contributed by atoms with E-state index >= 15 is 0 Å². The number of hydrogen-bond acceptors (Lipinski definition) is 7. The predicted octanol–water partition coefficient (Wildman–Crippen LogP) is 17.0. The fourth-order valence-electron chi connectivity index (χ4n) is 7.77. The van der Waals surface area contributed by atoms with Crippen LogP contribution in [0.2, 0.25) is 0 Å². The van der Waals surface area contributed by atoms with E-state index in [1.165, 1.54) is 173 Å². The zero-order chi connectivity index (χ0) is 49.2. The maximum absolute atomic E-state index is 12.8. The molecular formula is C57H107NO8P+. The van der Waals surface area contributed by atoms with Crippen molar-refractivity contribution in [1.82, 2.24) is 0 Å². The van der Waals surface area contributed by atoms with Gasteiger partial charge >= 0.3 is 19.8 Å². The molecule has 0 saturated heterocycles. The van der Waals surface area contributed by atoms with Crippen LogP contribution in [0.3, 0.4) is 0 Å². The van der Waals surface area contributed by atoms with E-state index < -0.39 is 26.5 Å². The molecule has 9 nitrogen and oxygen atoms in total. The Morgan fingerprint density at radius 3 is 1.24 bits per heavy atom. The third-order valence-corrected chi connectivity index (χ3v) is 13.1. The topological polar surface area (TPSA) is 108 Å². The van der Waals surface area contributed by atoms with E-state index in [-0.39, 0.29) is 32.0 Å². The van der Waals surface area contributed by atoms with E-state index in [1.807, 2.05) is 21.1 Å². The van der Waals surface area contributed by atoms with Crippen LogP contribution in [-0.4, -0.2) is 74.9 Å². The molecule has 0 aromatic heterocycles. The Kier molecular flexibility index (Phi) is 47.5. The van der Waals surface area contributed by atoms with Crippen LogP contribution in [0.4, 0.5) is 0 Å². The highest BCUT2D eigenvalue weighted by Crippen LogP contribution is 2.43. The third-order valence-electron chi connectivity index (χ3n) is 12.1. The zero-order valence-electron chi connectivity index (χ0n) is 44.4. The first kappa shape index (κ1) is 65.0. The molecule has 0 amide bonds. The van der Waals surface area contributed by atoms with Gasteiger partial charge in [-0.3, -0.25) is 18.6 Å². The van der Waals surface area contributed by atoms with Crippen molar-refractivity contribution in [3.63, 3.8) is 0 Å². The number of unbranched alkanes of at least 4 members (excludes halogenated alkanes) is 29. The molecule has 0 fully saturated rings. The molecule has 0 heterocycles. The summed E-state index contributed by atoms with van der Waals surface area (Å²) in [5, 5.41) is 0. The normalized spacial score (nSPS) is 13.7. The van der Waals surface area contributed by atoms with Gasteiger partial charge in [0.1, 0.15) is 19.8 Å². The van der Waals surface area contributed by atoms with Gasteiger partial charge in [-0.05, 0) is 51.4 Å². The Balaban J connectivity index is 4.27. The molecule has 0 aliphatic carbocycles. The number of carbonyl (C=O) groups is 2. The molecule has 1 N–H and O–H groups in total. The third kappa shape index (κ3) is 53.2. The van der Waals surface area contributed by atoms with Crippen LogP contribution in [0.15, 0.2) is 48.6 Å². The van der Waals surface area contributed by atoms with E-state index in [2.05, 4.69) is 62.5 Å². The number of likely N-dealkylation sites (N-methyl/N-ethyl adjacent to an activating group) is 1. The van der Waals surface area contributed by atoms with Crippen molar-refractivity contribution in [3.05, 3.63) is 48.6 Å². The second-order valence-electron chi connectivity index (χ2n) is 20.0. The molecule has 392 valence electrons. The van der Waals surface area contributed by atoms with Crippen LogP contribution in [0.25, 0.3) is 0 Å². The summed E-state index contributed by atoms with van der Waals surface area (Å²) >= 11 is 0. The summed E-state index contributed by atoms with van der Waals surface area (Å²) in [6.07, 6.45) is 60.4. The Labute approximate surface area is 414 Å². The molecule has 10 heteroatoms. The molecule has 0 aliphatic rings. The smallest absolute Gasteiger partial charge is 0.462 e. The predicted molar refractivity (Wildman–Crippen MR) is 284 cm³/mol. The summed E-state index contributed by atoms with van der Waals surface area (Å²) in [6, 6.07) is 0. The molecule has 0 radical (unpaired) electrons. The van der Waals surface area contributed by atoms with Gasteiger partial charge in [0.25, 0.3) is 0 Å². The average molecular weight is 965 g/mol. The monoisotopic (exact) mass is 965 g/mol. The van der Waals surface area contributed by atoms with Gasteiger partial charge in [0, 0.05) is 12.8 Å². The molecule has 67 heavy (non-hydrogen) atoms. The maximum Gasteiger partial charge on any atom is 0.472 e. The minimum absolute atomic E-state index is 0.0217. The number of ether oxygens (including phenoxy) is 2. The summed E-state index contributed by atoms with van der Waals surface area (Å²) in [5.74, 6) is -0.854. The van der Waals surface area contributed by atoms with E-state index in [1.54, 1.807) is 0 Å². The molecule has 0 saturated carbocycles. The van der Waals surface area contributed by atoms with Crippen LogP contribution in [0, 0.1) is 0 Å². The van der Waals surface area contributed by atoms with Gasteiger partial charge in [-0.2, -0.15) is 0 Å².